The van der Waals surface area contributed by atoms with Crippen molar-refractivity contribution in [2.24, 2.45) is 0 Å². The fourth-order valence-corrected chi connectivity index (χ4v) is 4.87. The Bertz CT molecular complexity index is 1450. The predicted octanol–water partition coefficient (Wildman–Crippen LogP) is 7.38. The lowest BCUT2D eigenvalue weighted by molar-refractivity contribution is -0.137. The zero-order valence-corrected chi connectivity index (χ0v) is 22.4. The van der Waals surface area contributed by atoms with Crippen molar-refractivity contribution in [3.63, 3.8) is 0 Å². The largest absolute Gasteiger partial charge is 0.497 e. The number of rotatable bonds is 8. The highest BCUT2D eigenvalue weighted by molar-refractivity contribution is 7.98. The van der Waals surface area contributed by atoms with Gasteiger partial charge in [0.15, 0.2) is 11.0 Å². The summed E-state index contributed by atoms with van der Waals surface area (Å²) in [5.74, 6) is 1.06. The van der Waals surface area contributed by atoms with Crippen LogP contribution in [0, 0.1) is 0 Å². The Kier molecular flexibility index (Phi) is 8.54. The molecule has 0 radical (unpaired) electrons. The Labute approximate surface area is 231 Å². The van der Waals surface area contributed by atoms with Crippen LogP contribution in [0.1, 0.15) is 40.3 Å². The highest BCUT2D eigenvalue weighted by atomic mass is 35.5. The molecule has 38 heavy (non-hydrogen) atoms. The van der Waals surface area contributed by atoms with Crippen LogP contribution < -0.4 is 10.1 Å². The van der Waals surface area contributed by atoms with E-state index in [1.807, 2.05) is 24.3 Å². The SMILES string of the molecule is COc1cccc(CSc2nnc(C(C)NC(=O)c3ccc(C(F)(F)F)cc3)n2-c2cc(Cl)ccc2Cl)c1. The van der Waals surface area contributed by atoms with Gasteiger partial charge in [0.2, 0.25) is 0 Å². The normalized spacial score (nSPS) is 12.3. The maximum absolute atomic E-state index is 12.9. The quantitative estimate of drug-likeness (QED) is 0.220. The summed E-state index contributed by atoms with van der Waals surface area (Å²) >= 11 is 14.2. The van der Waals surface area contributed by atoms with E-state index in [9.17, 15) is 18.0 Å². The van der Waals surface area contributed by atoms with Crippen molar-refractivity contribution in [3.05, 3.63) is 99.3 Å². The Morgan fingerprint density at radius 2 is 1.82 bits per heavy atom. The molecule has 1 heterocycles. The van der Waals surface area contributed by atoms with Crippen LogP contribution in [0.15, 0.2) is 71.9 Å². The molecule has 4 rings (SSSR count). The van der Waals surface area contributed by atoms with Crippen molar-refractivity contribution in [2.45, 2.75) is 30.1 Å². The molecular weight excluding hydrogens is 560 g/mol. The third-order valence-corrected chi connectivity index (χ3v) is 7.07. The molecule has 3 aromatic carbocycles. The molecule has 0 aliphatic heterocycles. The summed E-state index contributed by atoms with van der Waals surface area (Å²) in [4.78, 5) is 12.8. The van der Waals surface area contributed by atoms with Crippen LogP contribution in [0.3, 0.4) is 0 Å². The maximum Gasteiger partial charge on any atom is 0.416 e. The fraction of sp³-hybridized carbons (Fsp3) is 0.192. The van der Waals surface area contributed by atoms with Crippen molar-refractivity contribution in [1.29, 1.82) is 0 Å². The summed E-state index contributed by atoms with van der Waals surface area (Å²) in [6, 6.07) is 15.8. The van der Waals surface area contributed by atoms with E-state index < -0.39 is 23.7 Å². The Morgan fingerprint density at radius 3 is 2.50 bits per heavy atom. The van der Waals surface area contributed by atoms with Crippen LogP contribution in [-0.4, -0.2) is 27.8 Å². The van der Waals surface area contributed by atoms with Crippen LogP contribution in [0.5, 0.6) is 5.75 Å². The molecular formula is C26H21Cl2F3N4O2S. The van der Waals surface area contributed by atoms with E-state index in [-0.39, 0.29) is 5.56 Å². The number of benzene rings is 3. The number of nitrogens with one attached hydrogen (secondary N) is 1. The van der Waals surface area contributed by atoms with Gasteiger partial charge < -0.3 is 10.1 Å². The first-order chi connectivity index (χ1) is 18.1. The molecule has 4 aromatic rings. The van der Waals surface area contributed by atoms with E-state index in [0.29, 0.717) is 32.5 Å². The molecule has 0 fully saturated rings. The first-order valence-electron chi connectivity index (χ1n) is 11.2. The van der Waals surface area contributed by atoms with E-state index >= 15 is 0 Å². The summed E-state index contributed by atoms with van der Waals surface area (Å²) in [5.41, 5.74) is 0.744. The van der Waals surface area contributed by atoms with Gasteiger partial charge in [0.1, 0.15) is 5.75 Å². The smallest absolute Gasteiger partial charge is 0.416 e. The maximum atomic E-state index is 12.9. The summed E-state index contributed by atoms with van der Waals surface area (Å²) in [6.07, 6.45) is -4.49. The van der Waals surface area contributed by atoms with Gasteiger partial charge in [0.25, 0.3) is 5.91 Å². The van der Waals surface area contributed by atoms with Crippen LogP contribution >= 0.6 is 35.0 Å². The number of alkyl halides is 3. The minimum absolute atomic E-state index is 0.0735. The van der Waals surface area contributed by atoms with Crippen LogP contribution in [0.25, 0.3) is 5.69 Å². The number of thioether (sulfide) groups is 1. The van der Waals surface area contributed by atoms with Gasteiger partial charge in [-0.25, -0.2) is 0 Å². The first-order valence-corrected chi connectivity index (χ1v) is 13.0. The molecule has 1 N–H and O–H groups in total. The number of aromatic nitrogens is 3. The Morgan fingerprint density at radius 1 is 1.08 bits per heavy atom. The van der Waals surface area contributed by atoms with Gasteiger partial charge >= 0.3 is 6.18 Å². The standard InChI is InChI=1S/C26H21Cl2F3N4O2S/c1-15(32-24(36)17-6-8-18(9-7-17)26(29,30)31)23-33-34-25(35(23)22-13-19(27)10-11-21(22)28)38-14-16-4-3-5-20(12-16)37-2/h3-13,15H,14H2,1-2H3,(H,32,36). The second-order valence-electron chi connectivity index (χ2n) is 8.18. The monoisotopic (exact) mass is 580 g/mol. The number of carbonyl (C=O) groups excluding carboxylic acids is 1. The minimum Gasteiger partial charge on any atom is -0.497 e. The molecule has 0 bridgehead atoms. The summed E-state index contributed by atoms with van der Waals surface area (Å²) in [5, 5.41) is 12.7. The topological polar surface area (TPSA) is 69.0 Å². The Balaban J connectivity index is 1.63. The zero-order valence-electron chi connectivity index (χ0n) is 20.1. The van der Waals surface area contributed by atoms with Gasteiger partial charge in [-0.05, 0) is 67.1 Å². The van der Waals surface area contributed by atoms with Crippen molar-refractivity contribution in [1.82, 2.24) is 20.1 Å². The molecule has 198 valence electrons. The number of methoxy groups -OCH3 is 1. The molecule has 1 atom stereocenters. The molecule has 1 unspecified atom stereocenters. The number of carbonyl (C=O) groups is 1. The fourth-order valence-electron chi connectivity index (χ4n) is 3.60. The lowest BCUT2D eigenvalue weighted by Crippen LogP contribution is -2.28. The van der Waals surface area contributed by atoms with E-state index in [1.54, 1.807) is 36.8 Å². The number of halogens is 5. The molecule has 6 nitrogen and oxygen atoms in total. The highest BCUT2D eigenvalue weighted by Gasteiger charge is 2.30. The molecule has 0 saturated carbocycles. The third-order valence-electron chi connectivity index (χ3n) is 5.52. The van der Waals surface area contributed by atoms with E-state index in [1.165, 1.54) is 11.8 Å². The van der Waals surface area contributed by atoms with Gasteiger partial charge in [-0.1, -0.05) is 47.1 Å². The Hall–Kier alpha value is -3.21. The second-order valence-corrected chi connectivity index (χ2v) is 9.97. The van der Waals surface area contributed by atoms with Crippen LogP contribution in [-0.2, 0) is 11.9 Å². The molecule has 0 spiro atoms. The number of amides is 1. The lowest BCUT2D eigenvalue weighted by atomic mass is 10.1. The third kappa shape index (κ3) is 6.43. The average Bonchev–Trinajstić information content (AvgIpc) is 3.32. The van der Waals surface area contributed by atoms with Crippen molar-refractivity contribution >= 4 is 40.9 Å². The number of ether oxygens (including phenoxy) is 1. The molecule has 1 amide bonds. The second kappa shape index (κ2) is 11.7. The summed E-state index contributed by atoms with van der Waals surface area (Å²) in [6.45, 7) is 1.69. The predicted molar refractivity (Wildman–Crippen MR) is 141 cm³/mol. The average molecular weight is 581 g/mol. The van der Waals surface area contributed by atoms with E-state index in [2.05, 4.69) is 15.5 Å². The number of hydrogen-bond donors (Lipinski definition) is 1. The van der Waals surface area contributed by atoms with Gasteiger partial charge in [0.05, 0.1) is 29.4 Å². The lowest BCUT2D eigenvalue weighted by Gasteiger charge is -2.17. The number of hydrogen-bond acceptors (Lipinski definition) is 5. The number of nitrogens with zero attached hydrogens (tertiary/aromatic N) is 3. The van der Waals surface area contributed by atoms with Crippen molar-refractivity contribution < 1.29 is 22.7 Å². The molecule has 0 saturated heterocycles. The van der Waals surface area contributed by atoms with Crippen molar-refractivity contribution in [2.75, 3.05) is 7.11 Å². The molecule has 12 heteroatoms. The highest BCUT2D eigenvalue weighted by Crippen LogP contribution is 2.33. The van der Waals surface area contributed by atoms with Gasteiger partial charge in [-0.15, -0.1) is 10.2 Å². The first kappa shape index (κ1) is 27.8. The molecule has 0 aliphatic rings. The van der Waals surface area contributed by atoms with Crippen LogP contribution in [0.4, 0.5) is 13.2 Å². The van der Waals surface area contributed by atoms with Crippen LogP contribution in [0.2, 0.25) is 10.0 Å². The van der Waals surface area contributed by atoms with E-state index in [0.717, 1.165) is 35.6 Å². The van der Waals surface area contributed by atoms with Gasteiger partial charge in [-0.3, -0.25) is 9.36 Å². The van der Waals surface area contributed by atoms with E-state index in [4.69, 9.17) is 27.9 Å². The van der Waals surface area contributed by atoms with Crippen molar-refractivity contribution in [3.8, 4) is 11.4 Å². The van der Waals surface area contributed by atoms with Gasteiger partial charge in [0, 0.05) is 16.3 Å². The minimum atomic E-state index is -4.49. The zero-order chi connectivity index (χ0) is 27.4. The molecule has 1 aromatic heterocycles. The van der Waals surface area contributed by atoms with Gasteiger partial charge in [-0.2, -0.15) is 13.2 Å². The molecule has 0 aliphatic carbocycles. The summed E-state index contributed by atoms with van der Waals surface area (Å²) < 4.78 is 45.6. The summed E-state index contributed by atoms with van der Waals surface area (Å²) in [7, 11) is 1.59.